The summed E-state index contributed by atoms with van der Waals surface area (Å²) in [5.74, 6) is 0. The molecule has 40 valence electrons. The van der Waals surface area contributed by atoms with Gasteiger partial charge in [0.05, 0.1) is 0 Å². The Hall–Kier alpha value is -0.590. The first-order valence-electron chi connectivity index (χ1n) is 2.43. The molecule has 0 N–H and O–H groups in total. The lowest BCUT2D eigenvalue weighted by Gasteiger charge is -1.87. The van der Waals surface area contributed by atoms with E-state index in [2.05, 4.69) is 18.5 Å². The second-order valence-electron chi connectivity index (χ2n) is 1.27. The Morgan fingerprint density at radius 2 is 2.43 bits per heavy atom. The van der Waals surface area contributed by atoms with Crippen molar-refractivity contribution in [2.45, 2.75) is 13.3 Å². The Bertz CT molecular complexity index is 82.2. The first kappa shape index (κ1) is 6.41. The molecule has 0 rings (SSSR count). The highest BCUT2D eigenvalue weighted by atomic mass is 14.7. The van der Waals surface area contributed by atoms with E-state index in [0.717, 1.165) is 12.1 Å². The summed E-state index contributed by atoms with van der Waals surface area (Å²) in [5, 5.41) is 0. The normalized spacial score (nSPS) is 11.4. The van der Waals surface area contributed by atoms with Gasteiger partial charge in [-0.15, -0.1) is 0 Å². The average Bonchev–Trinajstić information content (AvgIpc) is 1.72. The minimum Gasteiger partial charge on any atom is -0.293 e. The summed E-state index contributed by atoms with van der Waals surface area (Å²) in [7, 11) is 1.78. The molecule has 0 aromatic carbocycles. The second kappa shape index (κ2) is 3.59. The fourth-order valence-electron chi connectivity index (χ4n) is 0.394. The molecule has 0 saturated carbocycles. The Morgan fingerprint density at radius 1 is 1.86 bits per heavy atom. The Kier molecular flexibility index (Phi) is 3.29. The standard InChI is InChI=1S/C6H11N/c1-4-6(5-2)7-3/h4H,1,5H2,2-3H3/b7-6+. The molecule has 0 atom stereocenters. The van der Waals surface area contributed by atoms with Crippen molar-refractivity contribution in [1.29, 1.82) is 0 Å². The van der Waals surface area contributed by atoms with Gasteiger partial charge in [0, 0.05) is 12.8 Å². The lowest BCUT2D eigenvalue weighted by atomic mass is 10.3. The Morgan fingerprint density at radius 3 is 2.43 bits per heavy atom. The van der Waals surface area contributed by atoms with Gasteiger partial charge in [-0.3, -0.25) is 4.99 Å². The van der Waals surface area contributed by atoms with Crippen LogP contribution in [-0.2, 0) is 0 Å². The fourth-order valence-corrected chi connectivity index (χ4v) is 0.394. The van der Waals surface area contributed by atoms with Gasteiger partial charge in [-0.25, -0.2) is 0 Å². The summed E-state index contributed by atoms with van der Waals surface area (Å²) in [6, 6.07) is 0. The van der Waals surface area contributed by atoms with Crippen molar-refractivity contribution in [2.24, 2.45) is 4.99 Å². The maximum atomic E-state index is 3.92. The summed E-state index contributed by atoms with van der Waals surface area (Å²) in [6.45, 7) is 5.63. The van der Waals surface area contributed by atoms with Crippen LogP contribution in [0.1, 0.15) is 13.3 Å². The molecule has 0 aliphatic carbocycles. The highest BCUT2D eigenvalue weighted by molar-refractivity contribution is 5.94. The number of rotatable bonds is 2. The van der Waals surface area contributed by atoms with Crippen molar-refractivity contribution in [2.75, 3.05) is 7.05 Å². The molecule has 0 spiro atoms. The number of nitrogens with zero attached hydrogens (tertiary/aromatic N) is 1. The highest BCUT2D eigenvalue weighted by Gasteiger charge is 1.79. The Balaban J connectivity index is 3.60. The van der Waals surface area contributed by atoms with Crippen LogP contribution < -0.4 is 0 Å². The SMILES string of the molecule is C=C/C(CC)=N\C. The molecule has 0 fully saturated rings. The van der Waals surface area contributed by atoms with Crippen molar-refractivity contribution in [3.63, 3.8) is 0 Å². The molecule has 7 heavy (non-hydrogen) atoms. The number of aliphatic imine (C=N–C) groups is 1. The third-order valence-corrected chi connectivity index (χ3v) is 0.885. The van der Waals surface area contributed by atoms with E-state index in [1.54, 1.807) is 13.1 Å². The van der Waals surface area contributed by atoms with Crippen LogP contribution in [0.5, 0.6) is 0 Å². The zero-order valence-electron chi connectivity index (χ0n) is 4.94. The van der Waals surface area contributed by atoms with Gasteiger partial charge in [-0.2, -0.15) is 0 Å². The number of allylic oxidation sites excluding steroid dienone is 1. The molecule has 0 amide bonds. The smallest absolute Gasteiger partial charge is 0.0336 e. The molecule has 0 heterocycles. The minimum atomic E-state index is 0.986. The van der Waals surface area contributed by atoms with E-state index >= 15 is 0 Å². The van der Waals surface area contributed by atoms with E-state index in [9.17, 15) is 0 Å². The molecule has 0 aliphatic heterocycles. The van der Waals surface area contributed by atoms with Gasteiger partial charge in [-0.1, -0.05) is 13.5 Å². The van der Waals surface area contributed by atoms with Gasteiger partial charge in [0.15, 0.2) is 0 Å². The molecule has 1 heteroatoms. The maximum absolute atomic E-state index is 3.92. The van der Waals surface area contributed by atoms with Crippen LogP contribution in [0.3, 0.4) is 0 Å². The number of hydrogen-bond donors (Lipinski definition) is 0. The maximum Gasteiger partial charge on any atom is 0.0336 e. The van der Waals surface area contributed by atoms with Crippen LogP contribution in [0.4, 0.5) is 0 Å². The first-order valence-corrected chi connectivity index (χ1v) is 2.43. The fraction of sp³-hybridized carbons (Fsp3) is 0.500. The topological polar surface area (TPSA) is 12.4 Å². The molecule has 1 nitrogen and oxygen atoms in total. The van der Waals surface area contributed by atoms with Crippen molar-refractivity contribution in [3.8, 4) is 0 Å². The summed E-state index contributed by atoms with van der Waals surface area (Å²) in [4.78, 5) is 3.92. The predicted octanol–water partition coefficient (Wildman–Crippen LogP) is 1.65. The lowest BCUT2D eigenvalue weighted by Crippen LogP contribution is -1.86. The van der Waals surface area contributed by atoms with Crippen molar-refractivity contribution in [3.05, 3.63) is 12.7 Å². The lowest BCUT2D eigenvalue weighted by molar-refractivity contribution is 1.26. The van der Waals surface area contributed by atoms with Crippen LogP contribution in [0, 0.1) is 0 Å². The van der Waals surface area contributed by atoms with E-state index in [0.29, 0.717) is 0 Å². The zero-order chi connectivity index (χ0) is 5.70. The van der Waals surface area contributed by atoms with Gasteiger partial charge in [0.2, 0.25) is 0 Å². The van der Waals surface area contributed by atoms with Gasteiger partial charge in [0.1, 0.15) is 0 Å². The quantitative estimate of drug-likeness (QED) is 0.464. The molecule has 0 bridgehead atoms. The van der Waals surface area contributed by atoms with E-state index < -0.39 is 0 Å². The van der Waals surface area contributed by atoms with Crippen LogP contribution in [0.15, 0.2) is 17.6 Å². The largest absolute Gasteiger partial charge is 0.293 e. The third-order valence-electron chi connectivity index (χ3n) is 0.885. The predicted molar refractivity (Wildman–Crippen MR) is 33.8 cm³/mol. The second-order valence-corrected chi connectivity index (χ2v) is 1.27. The van der Waals surface area contributed by atoms with Gasteiger partial charge >= 0.3 is 0 Å². The van der Waals surface area contributed by atoms with Gasteiger partial charge < -0.3 is 0 Å². The van der Waals surface area contributed by atoms with Gasteiger partial charge in [0.25, 0.3) is 0 Å². The summed E-state index contributed by atoms with van der Waals surface area (Å²) >= 11 is 0. The van der Waals surface area contributed by atoms with E-state index in [-0.39, 0.29) is 0 Å². The molecular weight excluding hydrogens is 86.1 g/mol. The van der Waals surface area contributed by atoms with Crippen molar-refractivity contribution in [1.82, 2.24) is 0 Å². The van der Waals surface area contributed by atoms with Crippen molar-refractivity contribution < 1.29 is 0 Å². The molecule has 0 aromatic heterocycles. The van der Waals surface area contributed by atoms with E-state index in [4.69, 9.17) is 0 Å². The summed E-state index contributed by atoms with van der Waals surface area (Å²) < 4.78 is 0. The molecule has 0 aromatic rings. The van der Waals surface area contributed by atoms with E-state index in [1.165, 1.54) is 0 Å². The monoisotopic (exact) mass is 97.1 g/mol. The van der Waals surface area contributed by atoms with Crippen LogP contribution in [0.25, 0.3) is 0 Å². The molecule has 0 saturated heterocycles. The summed E-state index contributed by atoms with van der Waals surface area (Å²) in [5.41, 5.74) is 1.07. The molecule has 0 aliphatic rings. The average molecular weight is 97.2 g/mol. The van der Waals surface area contributed by atoms with Crippen LogP contribution in [-0.4, -0.2) is 12.8 Å². The first-order chi connectivity index (χ1) is 3.35. The van der Waals surface area contributed by atoms with Crippen molar-refractivity contribution >= 4 is 5.71 Å². The minimum absolute atomic E-state index is 0.986. The van der Waals surface area contributed by atoms with Crippen LogP contribution in [0.2, 0.25) is 0 Å². The van der Waals surface area contributed by atoms with E-state index in [1.807, 2.05) is 0 Å². The van der Waals surface area contributed by atoms with Crippen LogP contribution >= 0.6 is 0 Å². The summed E-state index contributed by atoms with van der Waals surface area (Å²) in [6.07, 6.45) is 2.76. The highest BCUT2D eigenvalue weighted by Crippen LogP contribution is 1.82. The molecule has 0 radical (unpaired) electrons. The molecule has 0 unspecified atom stereocenters. The number of hydrogen-bond acceptors (Lipinski definition) is 1. The zero-order valence-corrected chi connectivity index (χ0v) is 4.94. The Labute approximate surface area is 44.8 Å². The third kappa shape index (κ3) is 2.15. The molecular formula is C6H11N. The van der Waals surface area contributed by atoms with Gasteiger partial charge in [-0.05, 0) is 12.5 Å².